The van der Waals surface area contributed by atoms with Gasteiger partial charge in [-0.05, 0) is 17.8 Å². The van der Waals surface area contributed by atoms with Crippen molar-refractivity contribution in [1.82, 2.24) is 14.8 Å². The zero-order chi connectivity index (χ0) is 13.8. The Labute approximate surface area is 110 Å². The van der Waals surface area contributed by atoms with Crippen LogP contribution in [-0.2, 0) is 17.8 Å². The van der Waals surface area contributed by atoms with Gasteiger partial charge >= 0.3 is 0 Å². The first kappa shape index (κ1) is 14.9. The lowest BCUT2D eigenvalue weighted by atomic mass is 9.79. The molecule has 0 aliphatic carbocycles. The van der Waals surface area contributed by atoms with Gasteiger partial charge in [0.15, 0.2) is 0 Å². The van der Waals surface area contributed by atoms with Crippen molar-refractivity contribution in [3.63, 3.8) is 0 Å². The summed E-state index contributed by atoms with van der Waals surface area (Å²) < 4.78 is 1.83. The van der Waals surface area contributed by atoms with Crippen LogP contribution >= 0.6 is 0 Å². The van der Waals surface area contributed by atoms with Gasteiger partial charge in [0, 0.05) is 13.0 Å². The normalized spacial score (nSPS) is 13.6. The van der Waals surface area contributed by atoms with Crippen LogP contribution in [0.3, 0.4) is 0 Å². The summed E-state index contributed by atoms with van der Waals surface area (Å²) >= 11 is 0. The van der Waals surface area contributed by atoms with Crippen molar-refractivity contribution in [2.75, 3.05) is 0 Å². The highest BCUT2D eigenvalue weighted by Gasteiger charge is 2.23. The monoisotopic (exact) mass is 251 g/mol. The Balaban J connectivity index is 2.57. The smallest absolute Gasteiger partial charge is 0.140 e. The predicted octanol–water partition coefficient (Wildman–Crippen LogP) is 2.87. The van der Waals surface area contributed by atoms with E-state index in [1.54, 1.807) is 0 Å². The molecule has 0 aliphatic heterocycles. The Hall–Kier alpha value is -1.19. The molecule has 1 atom stereocenters. The molecule has 1 heterocycles. The molecule has 4 nitrogen and oxygen atoms in total. The first-order chi connectivity index (χ1) is 8.34. The molecule has 18 heavy (non-hydrogen) atoms. The van der Waals surface area contributed by atoms with E-state index < -0.39 is 0 Å². The molecular formula is C14H25N3O. The molecule has 0 amide bonds. The minimum absolute atomic E-state index is 0.173. The van der Waals surface area contributed by atoms with Crippen LogP contribution in [0.2, 0.25) is 0 Å². The van der Waals surface area contributed by atoms with Crippen molar-refractivity contribution in [2.45, 2.75) is 60.4 Å². The van der Waals surface area contributed by atoms with Gasteiger partial charge in [-0.2, -0.15) is 5.10 Å². The summed E-state index contributed by atoms with van der Waals surface area (Å²) in [6.07, 6.45) is 3.55. The Bertz CT molecular complexity index is 390. The third-order valence-corrected chi connectivity index (χ3v) is 3.50. The SMILES string of the molecule is CCCn1ncnc1CC(=O)CC(C)C(C)(C)C. The molecule has 1 unspecified atom stereocenters. The van der Waals surface area contributed by atoms with Gasteiger partial charge in [-0.15, -0.1) is 0 Å². The number of nitrogens with zero attached hydrogens (tertiary/aromatic N) is 3. The standard InChI is InChI=1S/C14H25N3O/c1-6-7-17-13(15-10-16-17)9-12(18)8-11(2)14(3,4)5/h10-11H,6-9H2,1-5H3. The molecule has 1 aromatic rings. The number of aryl methyl sites for hydroxylation is 1. The van der Waals surface area contributed by atoms with E-state index in [1.807, 2.05) is 4.68 Å². The predicted molar refractivity (Wildman–Crippen MR) is 72.3 cm³/mol. The van der Waals surface area contributed by atoms with Gasteiger partial charge < -0.3 is 0 Å². The summed E-state index contributed by atoms with van der Waals surface area (Å²) in [6.45, 7) is 11.6. The number of Topliss-reactive ketones (excluding diaryl/α,β-unsaturated/α-hetero) is 1. The van der Waals surface area contributed by atoms with Crippen LogP contribution in [0.1, 0.15) is 53.3 Å². The second-order valence-corrected chi connectivity index (χ2v) is 6.09. The molecule has 0 saturated heterocycles. The van der Waals surface area contributed by atoms with Gasteiger partial charge in [0.05, 0.1) is 6.42 Å². The minimum atomic E-state index is 0.173. The van der Waals surface area contributed by atoms with Gasteiger partial charge in [0.2, 0.25) is 0 Å². The lowest BCUT2D eigenvalue weighted by Crippen LogP contribution is -2.22. The molecule has 0 spiro atoms. The van der Waals surface area contributed by atoms with Gasteiger partial charge in [0.1, 0.15) is 17.9 Å². The Morgan fingerprint density at radius 3 is 2.67 bits per heavy atom. The highest BCUT2D eigenvalue weighted by atomic mass is 16.1. The van der Waals surface area contributed by atoms with Crippen LogP contribution in [0, 0.1) is 11.3 Å². The second kappa shape index (κ2) is 6.12. The molecule has 0 bridgehead atoms. The molecular weight excluding hydrogens is 226 g/mol. The number of hydrogen-bond donors (Lipinski definition) is 0. The third kappa shape index (κ3) is 4.24. The van der Waals surface area contributed by atoms with Gasteiger partial charge in [-0.1, -0.05) is 34.6 Å². The number of aromatic nitrogens is 3. The Kier molecular flexibility index (Phi) is 5.05. The van der Waals surface area contributed by atoms with E-state index in [0.717, 1.165) is 18.8 Å². The highest BCUT2D eigenvalue weighted by Crippen LogP contribution is 2.28. The van der Waals surface area contributed by atoms with Crippen molar-refractivity contribution in [3.05, 3.63) is 12.2 Å². The molecule has 0 aliphatic rings. The molecule has 0 N–H and O–H groups in total. The summed E-state index contributed by atoms with van der Waals surface area (Å²) in [6, 6.07) is 0. The quantitative estimate of drug-likeness (QED) is 0.781. The molecule has 0 radical (unpaired) electrons. The van der Waals surface area contributed by atoms with Crippen molar-refractivity contribution >= 4 is 5.78 Å². The van der Waals surface area contributed by atoms with E-state index in [4.69, 9.17) is 0 Å². The van der Waals surface area contributed by atoms with E-state index in [1.165, 1.54) is 6.33 Å². The average Bonchev–Trinajstić information content (AvgIpc) is 2.64. The van der Waals surface area contributed by atoms with E-state index in [0.29, 0.717) is 18.8 Å². The van der Waals surface area contributed by atoms with Crippen LogP contribution in [0.25, 0.3) is 0 Å². The number of rotatable bonds is 6. The number of carbonyl (C=O) groups excluding carboxylic acids is 1. The molecule has 1 aromatic heterocycles. The summed E-state index contributed by atoms with van der Waals surface area (Å²) in [4.78, 5) is 16.2. The summed E-state index contributed by atoms with van der Waals surface area (Å²) in [5.41, 5.74) is 0.173. The van der Waals surface area contributed by atoms with Crippen LogP contribution in [0.15, 0.2) is 6.33 Å². The lowest BCUT2D eigenvalue weighted by Gasteiger charge is -2.26. The van der Waals surface area contributed by atoms with E-state index in [9.17, 15) is 4.79 Å². The van der Waals surface area contributed by atoms with Gasteiger partial charge in [0.25, 0.3) is 0 Å². The maximum Gasteiger partial charge on any atom is 0.140 e. The molecule has 102 valence electrons. The summed E-state index contributed by atoms with van der Waals surface area (Å²) in [5, 5.41) is 4.14. The fourth-order valence-corrected chi connectivity index (χ4v) is 1.72. The van der Waals surface area contributed by atoms with E-state index in [2.05, 4.69) is 44.7 Å². The van der Waals surface area contributed by atoms with E-state index >= 15 is 0 Å². The van der Waals surface area contributed by atoms with Crippen LogP contribution in [-0.4, -0.2) is 20.5 Å². The Morgan fingerprint density at radius 1 is 1.44 bits per heavy atom. The van der Waals surface area contributed by atoms with Gasteiger partial charge in [-0.25, -0.2) is 9.67 Å². The fraction of sp³-hybridized carbons (Fsp3) is 0.786. The van der Waals surface area contributed by atoms with E-state index in [-0.39, 0.29) is 11.2 Å². The average molecular weight is 251 g/mol. The summed E-state index contributed by atoms with van der Waals surface area (Å²) in [5.74, 6) is 1.43. The summed E-state index contributed by atoms with van der Waals surface area (Å²) in [7, 11) is 0. The zero-order valence-corrected chi connectivity index (χ0v) is 12.2. The zero-order valence-electron chi connectivity index (χ0n) is 12.2. The van der Waals surface area contributed by atoms with Crippen molar-refractivity contribution < 1.29 is 4.79 Å². The van der Waals surface area contributed by atoms with Crippen LogP contribution in [0.4, 0.5) is 0 Å². The highest BCUT2D eigenvalue weighted by molar-refractivity contribution is 5.80. The minimum Gasteiger partial charge on any atom is -0.299 e. The maximum absolute atomic E-state index is 12.0. The molecule has 1 rings (SSSR count). The van der Waals surface area contributed by atoms with Crippen molar-refractivity contribution in [3.8, 4) is 0 Å². The fourth-order valence-electron chi connectivity index (χ4n) is 1.72. The van der Waals surface area contributed by atoms with Crippen molar-refractivity contribution in [2.24, 2.45) is 11.3 Å². The molecule has 4 heteroatoms. The Morgan fingerprint density at radius 2 is 2.11 bits per heavy atom. The third-order valence-electron chi connectivity index (χ3n) is 3.50. The maximum atomic E-state index is 12.0. The first-order valence-electron chi connectivity index (χ1n) is 6.73. The largest absolute Gasteiger partial charge is 0.299 e. The molecule has 0 saturated carbocycles. The number of ketones is 1. The lowest BCUT2D eigenvalue weighted by molar-refractivity contribution is -0.120. The molecule has 0 fully saturated rings. The number of carbonyl (C=O) groups is 1. The van der Waals surface area contributed by atoms with Gasteiger partial charge in [-0.3, -0.25) is 4.79 Å². The topological polar surface area (TPSA) is 47.8 Å². The first-order valence-corrected chi connectivity index (χ1v) is 6.73. The second-order valence-electron chi connectivity index (χ2n) is 6.09. The molecule has 0 aromatic carbocycles. The van der Waals surface area contributed by atoms with Crippen molar-refractivity contribution in [1.29, 1.82) is 0 Å². The van der Waals surface area contributed by atoms with Crippen LogP contribution in [0.5, 0.6) is 0 Å². The van der Waals surface area contributed by atoms with Crippen LogP contribution < -0.4 is 0 Å². The number of hydrogen-bond acceptors (Lipinski definition) is 3.